The molecular weight excluding hydrogens is 513 g/mol. The Morgan fingerprint density at radius 2 is 1.91 bits per heavy atom. The fraction of sp³-hybridized carbons (Fsp3) is 0.667. The summed E-state index contributed by atoms with van der Waals surface area (Å²) in [6.07, 6.45) is 0. The monoisotopic (exact) mass is 539 g/mol. The summed E-state index contributed by atoms with van der Waals surface area (Å²) in [6, 6.07) is -0.890. The lowest BCUT2D eigenvalue weighted by atomic mass is 10.0. The molecule has 0 spiro atoms. The number of fused-ring (bicyclic) bond motifs is 1. The van der Waals surface area contributed by atoms with Crippen molar-refractivity contribution in [3.8, 4) is 0 Å². The molecule has 0 saturated carbocycles. The number of carboxylic acids is 1. The molecule has 3 heterocycles. The maximum absolute atomic E-state index is 12.4. The van der Waals surface area contributed by atoms with Crippen molar-refractivity contribution in [2.75, 3.05) is 25.4 Å². The van der Waals surface area contributed by atoms with E-state index in [4.69, 9.17) is 23.2 Å². The number of aryl methyl sites for hydroxylation is 1. The highest BCUT2D eigenvalue weighted by atomic mass is 35.5. The van der Waals surface area contributed by atoms with Crippen LogP contribution in [0.1, 0.15) is 31.8 Å². The molecule has 0 aliphatic carbocycles. The zero-order valence-corrected chi connectivity index (χ0v) is 21.8. The average molecular weight is 540 g/mol. The van der Waals surface area contributed by atoms with Crippen molar-refractivity contribution in [3.05, 3.63) is 17.1 Å². The Kier molecular flexibility index (Phi) is 10.3. The molecule has 1 aromatic heterocycles. The summed E-state index contributed by atoms with van der Waals surface area (Å²) in [6.45, 7) is 10.1. The summed E-state index contributed by atoms with van der Waals surface area (Å²) in [4.78, 5) is 38.1. The number of β-lactam (4-membered cyclic amide) rings is 1. The SMILES string of the molecule is CCN(CC)CC.Cn1nnnc1C(S)C1=C(C(=O)O)N2C(=O)[C@@H](NC(=O)C(Cl)Cl)C2SC1. The Bertz CT molecular complexity index is 905. The number of aliphatic carboxylic acids is 1. The number of rotatable bonds is 8. The summed E-state index contributed by atoms with van der Waals surface area (Å²) in [7, 11) is 1.60. The van der Waals surface area contributed by atoms with Crippen LogP contribution in [0.3, 0.4) is 0 Å². The summed E-state index contributed by atoms with van der Waals surface area (Å²) < 4.78 is 1.38. The Balaban J connectivity index is 0.000000479. The van der Waals surface area contributed by atoms with E-state index in [0.717, 1.165) is 4.90 Å². The average Bonchev–Trinajstić information content (AvgIpc) is 3.22. The number of hydrogen-bond donors (Lipinski definition) is 3. The molecule has 0 bridgehead atoms. The fourth-order valence-electron chi connectivity index (χ4n) is 3.36. The number of thioether (sulfide) groups is 1. The van der Waals surface area contributed by atoms with Gasteiger partial charge in [-0.1, -0.05) is 44.0 Å². The van der Waals surface area contributed by atoms with E-state index in [1.807, 2.05) is 0 Å². The third-order valence-electron chi connectivity index (χ3n) is 5.27. The van der Waals surface area contributed by atoms with Crippen LogP contribution in [0.4, 0.5) is 0 Å². The van der Waals surface area contributed by atoms with E-state index in [1.54, 1.807) is 7.05 Å². The molecule has 1 saturated heterocycles. The predicted molar refractivity (Wildman–Crippen MR) is 129 cm³/mol. The number of halogens is 2. The lowest BCUT2D eigenvalue weighted by molar-refractivity contribution is -0.150. The molecule has 2 unspecified atom stereocenters. The van der Waals surface area contributed by atoms with E-state index in [2.05, 4.69) is 59.1 Å². The van der Waals surface area contributed by atoms with Crippen LogP contribution in [0, 0.1) is 0 Å². The number of carbonyl (C=O) groups excluding carboxylic acids is 2. The zero-order valence-electron chi connectivity index (χ0n) is 18.6. The molecule has 2 N–H and O–H groups in total. The van der Waals surface area contributed by atoms with Crippen molar-refractivity contribution >= 4 is 65.4 Å². The Hall–Kier alpha value is -1.54. The molecule has 11 nitrogen and oxygen atoms in total. The Labute approximate surface area is 211 Å². The highest BCUT2D eigenvalue weighted by molar-refractivity contribution is 8.00. The van der Waals surface area contributed by atoms with Gasteiger partial charge in [0.1, 0.15) is 17.1 Å². The van der Waals surface area contributed by atoms with Crippen LogP contribution >= 0.6 is 47.6 Å². The number of carbonyl (C=O) groups is 3. The van der Waals surface area contributed by atoms with Crippen molar-refractivity contribution in [3.63, 3.8) is 0 Å². The van der Waals surface area contributed by atoms with E-state index < -0.39 is 39.3 Å². The van der Waals surface area contributed by atoms with Crippen molar-refractivity contribution in [1.82, 2.24) is 35.3 Å². The molecule has 1 aromatic rings. The third kappa shape index (κ3) is 6.13. The first-order chi connectivity index (χ1) is 15.6. The maximum Gasteiger partial charge on any atom is 0.352 e. The number of nitrogens with zero attached hydrogens (tertiary/aromatic N) is 6. The first-order valence-electron chi connectivity index (χ1n) is 10.2. The van der Waals surface area contributed by atoms with Crippen LogP contribution in [0.2, 0.25) is 0 Å². The van der Waals surface area contributed by atoms with E-state index in [0.29, 0.717) is 11.4 Å². The second-order valence-corrected chi connectivity index (χ2v) is 9.78. The normalized spacial score (nSPS) is 20.8. The van der Waals surface area contributed by atoms with Gasteiger partial charge in [-0.2, -0.15) is 12.6 Å². The van der Waals surface area contributed by atoms with Crippen molar-refractivity contribution < 1.29 is 19.5 Å². The first kappa shape index (κ1) is 27.7. The number of aromatic nitrogens is 4. The fourth-order valence-corrected chi connectivity index (χ4v) is 5.43. The van der Waals surface area contributed by atoms with Crippen LogP contribution in [-0.4, -0.2) is 94.5 Å². The van der Waals surface area contributed by atoms with Crippen molar-refractivity contribution in [2.45, 2.75) is 42.3 Å². The van der Waals surface area contributed by atoms with Gasteiger partial charge in [-0.25, -0.2) is 9.48 Å². The van der Waals surface area contributed by atoms with Crippen LogP contribution in [0.15, 0.2) is 11.3 Å². The minimum atomic E-state index is -1.32. The largest absolute Gasteiger partial charge is 0.477 e. The van der Waals surface area contributed by atoms with Gasteiger partial charge < -0.3 is 15.3 Å². The van der Waals surface area contributed by atoms with Crippen molar-refractivity contribution in [2.24, 2.45) is 7.05 Å². The molecular formula is C18H27Cl2N7O4S2. The van der Waals surface area contributed by atoms with Gasteiger partial charge in [0, 0.05) is 12.8 Å². The second kappa shape index (κ2) is 12.2. The van der Waals surface area contributed by atoms with E-state index in [9.17, 15) is 19.5 Å². The van der Waals surface area contributed by atoms with Gasteiger partial charge in [-0.3, -0.25) is 14.5 Å². The summed E-state index contributed by atoms with van der Waals surface area (Å²) in [5.74, 6) is -1.92. The van der Waals surface area contributed by atoms with Gasteiger partial charge in [0.05, 0.1) is 5.25 Å². The Morgan fingerprint density at radius 3 is 2.33 bits per heavy atom. The number of hydrogen-bond acceptors (Lipinski definition) is 9. The summed E-state index contributed by atoms with van der Waals surface area (Å²) in [5.41, 5.74) is 0.214. The number of thiol groups is 1. The topological polar surface area (TPSA) is 134 Å². The zero-order chi connectivity index (χ0) is 24.9. The second-order valence-electron chi connectivity index (χ2n) is 7.06. The molecule has 33 heavy (non-hydrogen) atoms. The lowest BCUT2D eigenvalue weighted by Crippen LogP contribution is -2.71. The predicted octanol–water partition coefficient (Wildman–Crippen LogP) is 1.07. The number of alkyl halides is 2. The minimum Gasteiger partial charge on any atom is -0.477 e. The standard InChI is InChI=1S/C12H12Cl2N6O4S2.C6H15N/c1-19-8(16-17-18-19)6(25)3-2-26-11-4(15-9(21)7(13)14)10(22)20(11)5(3)12(23)24;1-4-7(5-2)6-3/h4,6-7,11,25H,2H2,1H3,(H,15,21)(H,23,24);4-6H2,1-3H3/t4-,6?,11?;/m1./s1. The van der Waals surface area contributed by atoms with E-state index in [1.165, 1.54) is 36.1 Å². The van der Waals surface area contributed by atoms with Crippen LogP contribution in [-0.2, 0) is 21.4 Å². The molecule has 3 rings (SSSR count). The van der Waals surface area contributed by atoms with Crippen LogP contribution in [0.25, 0.3) is 0 Å². The lowest BCUT2D eigenvalue weighted by Gasteiger charge is -2.49. The van der Waals surface area contributed by atoms with Crippen LogP contribution < -0.4 is 5.32 Å². The molecule has 1 fully saturated rings. The quantitative estimate of drug-likeness (QED) is 0.252. The van der Waals surface area contributed by atoms with Crippen molar-refractivity contribution in [1.29, 1.82) is 0 Å². The highest BCUT2D eigenvalue weighted by Crippen LogP contribution is 2.44. The first-order valence-corrected chi connectivity index (χ1v) is 12.6. The van der Waals surface area contributed by atoms with Gasteiger partial charge in [-0.05, 0) is 35.6 Å². The smallest absolute Gasteiger partial charge is 0.352 e. The molecule has 3 atom stereocenters. The van der Waals surface area contributed by atoms with Crippen LogP contribution in [0.5, 0.6) is 0 Å². The number of carboxylic acid groups (broad SMARTS) is 1. The summed E-state index contributed by atoms with van der Waals surface area (Å²) in [5, 5.41) is 21.8. The molecule has 15 heteroatoms. The highest BCUT2D eigenvalue weighted by Gasteiger charge is 2.55. The number of tetrazole rings is 1. The molecule has 0 radical (unpaired) electrons. The molecule has 2 aliphatic heterocycles. The van der Waals surface area contributed by atoms with E-state index in [-0.39, 0.29) is 11.4 Å². The number of amides is 2. The third-order valence-corrected chi connectivity index (χ3v) is 7.51. The van der Waals surface area contributed by atoms with Gasteiger partial charge in [0.15, 0.2) is 10.7 Å². The molecule has 184 valence electrons. The van der Waals surface area contributed by atoms with Gasteiger partial charge in [0.2, 0.25) is 0 Å². The molecule has 0 aromatic carbocycles. The Morgan fingerprint density at radius 1 is 1.30 bits per heavy atom. The molecule has 2 amide bonds. The van der Waals surface area contributed by atoms with E-state index >= 15 is 0 Å². The van der Waals surface area contributed by atoms with Gasteiger partial charge in [-0.15, -0.1) is 16.9 Å². The molecule has 2 aliphatic rings. The minimum absolute atomic E-state index is 0.180. The van der Waals surface area contributed by atoms with Gasteiger partial charge >= 0.3 is 5.97 Å². The number of nitrogens with one attached hydrogen (secondary N) is 1. The maximum atomic E-state index is 12.4. The summed E-state index contributed by atoms with van der Waals surface area (Å²) >= 11 is 16.7. The van der Waals surface area contributed by atoms with Gasteiger partial charge in [0.25, 0.3) is 11.8 Å².